The van der Waals surface area contributed by atoms with Crippen molar-refractivity contribution in [2.75, 3.05) is 45.9 Å². The summed E-state index contributed by atoms with van der Waals surface area (Å²) >= 11 is 0. The number of benzene rings is 1. The summed E-state index contributed by atoms with van der Waals surface area (Å²) in [4.78, 5) is 6.81. The molecule has 6 nitrogen and oxygen atoms in total. The van der Waals surface area contributed by atoms with E-state index in [2.05, 4.69) is 34.4 Å². The molecule has 0 bridgehead atoms. The van der Waals surface area contributed by atoms with Crippen molar-refractivity contribution in [3.8, 4) is 0 Å². The lowest BCUT2D eigenvalue weighted by Gasteiger charge is -2.34. The summed E-state index contributed by atoms with van der Waals surface area (Å²) < 4.78 is 19.6. The second-order valence-corrected chi connectivity index (χ2v) is 7.28. The fourth-order valence-electron chi connectivity index (χ4n) is 3.16. The van der Waals surface area contributed by atoms with E-state index in [-0.39, 0.29) is 18.2 Å². The van der Waals surface area contributed by atoms with E-state index in [0.717, 1.165) is 26.2 Å². The summed E-state index contributed by atoms with van der Waals surface area (Å²) in [5.74, 6) is 0.812. The molecular formula is C20H33FN4O2. The van der Waals surface area contributed by atoms with E-state index in [1.165, 1.54) is 6.07 Å². The molecule has 1 aromatic rings. The molecule has 0 aliphatic carbocycles. The SMILES string of the molecule is CCNC(=NCC(O)c1ccccc1F)NCC1CN(CC(C)C)CCO1. The Balaban J connectivity index is 1.87. The molecule has 1 aliphatic rings. The zero-order valence-corrected chi connectivity index (χ0v) is 16.6. The van der Waals surface area contributed by atoms with Gasteiger partial charge in [0.05, 0.1) is 19.3 Å². The first kappa shape index (κ1) is 21.6. The van der Waals surface area contributed by atoms with Gasteiger partial charge in [0.15, 0.2) is 5.96 Å². The number of aliphatic imine (C=N–C) groups is 1. The molecule has 2 atom stereocenters. The van der Waals surface area contributed by atoms with Crippen LogP contribution in [0.15, 0.2) is 29.3 Å². The van der Waals surface area contributed by atoms with Crippen molar-refractivity contribution < 1.29 is 14.2 Å². The Hall–Kier alpha value is -1.70. The zero-order valence-electron chi connectivity index (χ0n) is 16.6. The fraction of sp³-hybridized carbons (Fsp3) is 0.650. The second-order valence-electron chi connectivity index (χ2n) is 7.28. The van der Waals surface area contributed by atoms with E-state index in [0.29, 0.717) is 25.0 Å². The molecule has 1 fully saturated rings. The van der Waals surface area contributed by atoms with Crippen molar-refractivity contribution in [2.45, 2.75) is 33.0 Å². The third-order valence-corrected chi connectivity index (χ3v) is 4.37. The molecule has 0 aromatic heterocycles. The van der Waals surface area contributed by atoms with Crippen LogP contribution in [0.25, 0.3) is 0 Å². The van der Waals surface area contributed by atoms with Gasteiger partial charge < -0.3 is 20.5 Å². The van der Waals surface area contributed by atoms with Crippen LogP contribution >= 0.6 is 0 Å². The largest absolute Gasteiger partial charge is 0.386 e. The van der Waals surface area contributed by atoms with Crippen LogP contribution in [0.4, 0.5) is 4.39 Å². The van der Waals surface area contributed by atoms with Crippen molar-refractivity contribution in [3.05, 3.63) is 35.6 Å². The molecule has 0 radical (unpaired) electrons. The highest BCUT2D eigenvalue weighted by Gasteiger charge is 2.21. The van der Waals surface area contributed by atoms with Gasteiger partial charge in [-0.3, -0.25) is 9.89 Å². The van der Waals surface area contributed by atoms with E-state index >= 15 is 0 Å². The normalized spacial score (nSPS) is 19.9. The third-order valence-electron chi connectivity index (χ3n) is 4.37. The smallest absolute Gasteiger partial charge is 0.191 e. The Labute approximate surface area is 161 Å². The molecule has 1 aromatic carbocycles. The molecule has 3 N–H and O–H groups in total. The molecule has 1 aliphatic heterocycles. The van der Waals surface area contributed by atoms with Crippen molar-refractivity contribution in [1.82, 2.24) is 15.5 Å². The van der Waals surface area contributed by atoms with Gasteiger partial charge >= 0.3 is 0 Å². The van der Waals surface area contributed by atoms with Crippen molar-refractivity contribution in [2.24, 2.45) is 10.9 Å². The number of aliphatic hydroxyl groups is 1. The summed E-state index contributed by atoms with van der Waals surface area (Å²) in [6, 6.07) is 6.23. The number of rotatable bonds is 8. The summed E-state index contributed by atoms with van der Waals surface area (Å²) in [6.07, 6.45) is -0.882. The number of guanidine groups is 1. The number of ether oxygens (including phenoxy) is 1. The van der Waals surface area contributed by atoms with Gasteiger partial charge in [-0.05, 0) is 18.9 Å². The molecule has 1 saturated heterocycles. The highest BCUT2D eigenvalue weighted by atomic mass is 19.1. The first-order valence-electron chi connectivity index (χ1n) is 9.78. The number of hydrogen-bond acceptors (Lipinski definition) is 4. The predicted octanol–water partition coefficient (Wildman–Crippen LogP) is 1.77. The monoisotopic (exact) mass is 380 g/mol. The molecule has 1 heterocycles. The van der Waals surface area contributed by atoms with Crippen LogP contribution in [0, 0.1) is 11.7 Å². The lowest BCUT2D eigenvalue weighted by atomic mass is 10.1. The maximum Gasteiger partial charge on any atom is 0.191 e. The Bertz CT molecular complexity index is 597. The summed E-state index contributed by atoms with van der Waals surface area (Å²) in [5.41, 5.74) is 0.261. The van der Waals surface area contributed by atoms with Crippen LogP contribution in [0.1, 0.15) is 32.4 Å². The summed E-state index contributed by atoms with van der Waals surface area (Å²) in [6.45, 7) is 11.5. The molecule has 0 spiro atoms. The van der Waals surface area contributed by atoms with Gasteiger partial charge in [0.25, 0.3) is 0 Å². The average molecular weight is 381 g/mol. The minimum absolute atomic E-state index is 0.0846. The second kappa shape index (κ2) is 11.2. The number of hydrogen-bond donors (Lipinski definition) is 3. The Kier molecular flexibility index (Phi) is 8.97. The zero-order chi connectivity index (χ0) is 19.6. The molecule has 27 heavy (non-hydrogen) atoms. The molecule has 152 valence electrons. The van der Waals surface area contributed by atoms with Gasteiger partial charge in [-0.15, -0.1) is 0 Å². The van der Waals surface area contributed by atoms with E-state index < -0.39 is 11.9 Å². The van der Waals surface area contributed by atoms with Gasteiger partial charge in [-0.1, -0.05) is 32.0 Å². The molecule has 0 amide bonds. The minimum atomic E-state index is -0.978. The highest BCUT2D eigenvalue weighted by molar-refractivity contribution is 5.79. The van der Waals surface area contributed by atoms with E-state index in [1.54, 1.807) is 18.2 Å². The summed E-state index contributed by atoms with van der Waals surface area (Å²) in [5, 5.41) is 16.6. The molecule has 2 unspecified atom stereocenters. The number of aliphatic hydroxyl groups excluding tert-OH is 1. The van der Waals surface area contributed by atoms with Crippen molar-refractivity contribution in [3.63, 3.8) is 0 Å². The van der Waals surface area contributed by atoms with Gasteiger partial charge in [0, 0.05) is 38.3 Å². The Morgan fingerprint density at radius 3 is 2.85 bits per heavy atom. The van der Waals surface area contributed by atoms with Crippen LogP contribution in [-0.4, -0.2) is 67.9 Å². The van der Waals surface area contributed by atoms with Gasteiger partial charge in [0.1, 0.15) is 11.9 Å². The Morgan fingerprint density at radius 1 is 1.37 bits per heavy atom. The minimum Gasteiger partial charge on any atom is -0.386 e. The number of morpholine rings is 1. The van der Waals surface area contributed by atoms with Gasteiger partial charge in [-0.25, -0.2) is 4.39 Å². The first-order chi connectivity index (χ1) is 13.0. The van der Waals surface area contributed by atoms with Crippen LogP contribution in [0.3, 0.4) is 0 Å². The van der Waals surface area contributed by atoms with Crippen LogP contribution in [0.5, 0.6) is 0 Å². The van der Waals surface area contributed by atoms with E-state index in [9.17, 15) is 9.50 Å². The lowest BCUT2D eigenvalue weighted by Crippen LogP contribution is -2.50. The quantitative estimate of drug-likeness (QED) is 0.474. The highest BCUT2D eigenvalue weighted by Crippen LogP contribution is 2.16. The van der Waals surface area contributed by atoms with Gasteiger partial charge in [-0.2, -0.15) is 0 Å². The van der Waals surface area contributed by atoms with Crippen LogP contribution in [-0.2, 0) is 4.74 Å². The van der Waals surface area contributed by atoms with Gasteiger partial charge in [0.2, 0.25) is 0 Å². The third kappa shape index (κ3) is 7.44. The number of halogens is 1. The van der Waals surface area contributed by atoms with Crippen molar-refractivity contribution in [1.29, 1.82) is 0 Å². The Morgan fingerprint density at radius 2 is 2.15 bits per heavy atom. The standard InChI is InChI=1S/C20H33FN4O2/c1-4-22-20(24-12-19(26)17-7-5-6-8-18(17)21)23-11-16-14-25(9-10-27-16)13-15(2)3/h5-8,15-16,19,26H,4,9-14H2,1-3H3,(H2,22,23,24). The first-order valence-corrected chi connectivity index (χ1v) is 9.78. The molecule has 0 saturated carbocycles. The average Bonchev–Trinajstić information content (AvgIpc) is 2.64. The fourth-order valence-corrected chi connectivity index (χ4v) is 3.16. The number of nitrogens with zero attached hydrogens (tertiary/aromatic N) is 2. The molecule has 7 heteroatoms. The van der Waals surface area contributed by atoms with E-state index in [4.69, 9.17) is 4.74 Å². The lowest BCUT2D eigenvalue weighted by molar-refractivity contribution is -0.0284. The topological polar surface area (TPSA) is 69.1 Å². The van der Waals surface area contributed by atoms with E-state index in [1.807, 2.05) is 6.92 Å². The molecule has 2 rings (SSSR count). The predicted molar refractivity (Wildman–Crippen MR) is 106 cm³/mol. The molecular weight excluding hydrogens is 347 g/mol. The maximum absolute atomic E-state index is 13.8. The van der Waals surface area contributed by atoms with Crippen LogP contribution < -0.4 is 10.6 Å². The summed E-state index contributed by atoms with van der Waals surface area (Å²) in [7, 11) is 0. The maximum atomic E-state index is 13.8. The number of nitrogens with one attached hydrogen (secondary N) is 2. The van der Waals surface area contributed by atoms with Crippen LogP contribution in [0.2, 0.25) is 0 Å². The van der Waals surface area contributed by atoms with Crippen molar-refractivity contribution >= 4 is 5.96 Å².